The number of aryl methyl sites for hydroxylation is 1. The summed E-state index contributed by atoms with van der Waals surface area (Å²) in [6.07, 6.45) is 0. The van der Waals surface area contributed by atoms with E-state index in [1.807, 2.05) is 55.5 Å². The van der Waals surface area contributed by atoms with E-state index in [4.69, 9.17) is 9.68 Å². The smallest absolute Gasteiger partial charge is 0.277 e. The first-order chi connectivity index (χ1) is 13.2. The summed E-state index contributed by atoms with van der Waals surface area (Å²) in [4.78, 5) is 13.1. The average molecular weight is 396 g/mol. The van der Waals surface area contributed by atoms with E-state index in [1.54, 1.807) is 0 Å². The van der Waals surface area contributed by atoms with E-state index < -0.39 is 0 Å². The molecule has 3 aromatic rings. The maximum absolute atomic E-state index is 12.2. The highest BCUT2D eigenvalue weighted by Crippen LogP contribution is 2.27. The summed E-state index contributed by atoms with van der Waals surface area (Å²) in [5.41, 5.74) is 2.64. The number of amides is 1. The molecule has 8 heteroatoms. The average Bonchev–Trinajstić information content (AvgIpc) is 3.15. The fraction of sp³-hybridized carbons (Fsp3) is 0.158. The maximum atomic E-state index is 12.2. The van der Waals surface area contributed by atoms with E-state index in [0.29, 0.717) is 22.6 Å². The number of carbonyl (C=O) groups excluding carboxylic acids is 1. The molecule has 0 bridgehead atoms. The van der Waals surface area contributed by atoms with Crippen molar-refractivity contribution in [1.82, 2.24) is 10.2 Å². The zero-order valence-corrected chi connectivity index (χ0v) is 16.1. The van der Waals surface area contributed by atoms with E-state index >= 15 is 0 Å². The number of nitrogens with zero attached hydrogens (tertiary/aromatic N) is 3. The third-order valence-electron chi connectivity index (χ3n) is 3.45. The summed E-state index contributed by atoms with van der Waals surface area (Å²) < 4.78 is 5.62. The molecule has 6 nitrogen and oxygen atoms in total. The molecule has 1 aromatic heterocycles. The summed E-state index contributed by atoms with van der Waals surface area (Å²) in [6, 6.07) is 17.3. The minimum absolute atomic E-state index is 0.146. The van der Waals surface area contributed by atoms with Crippen LogP contribution in [0.4, 0.5) is 5.69 Å². The van der Waals surface area contributed by atoms with Crippen molar-refractivity contribution >= 4 is 35.1 Å². The number of para-hydroxylation sites is 1. The van der Waals surface area contributed by atoms with Crippen LogP contribution >= 0.6 is 23.5 Å². The van der Waals surface area contributed by atoms with E-state index in [1.165, 1.54) is 23.5 Å². The highest BCUT2D eigenvalue weighted by Gasteiger charge is 2.12. The van der Waals surface area contributed by atoms with E-state index in [-0.39, 0.29) is 11.7 Å². The number of rotatable bonds is 7. The first-order valence-corrected chi connectivity index (χ1v) is 10.0. The summed E-state index contributed by atoms with van der Waals surface area (Å²) in [7, 11) is 0. The van der Waals surface area contributed by atoms with Gasteiger partial charge in [0.15, 0.2) is 0 Å². The van der Waals surface area contributed by atoms with Crippen molar-refractivity contribution in [2.75, 3.05) is 16.8 Å². The van der Waals surface area contributed by atoms with Crippen molar-refractivity contribution in [1.29, 1.82) is 5.26 Å². The normalized spacial score (nSPS) is 10.4. The van der Waals surface area contributed by atoms with Gasteiger partial charge < -0.3 is 9.73 Å². The minimum Gasteiger partial charge on any atom is -0.411 e. The third kappa shape index (κ3) is 5.36. The molecule has 0 spiro atoms. The number of benzene rings is 2. The van der Waals surface area contributed by atoms with E-state index in [9.17, 15) is 4.79 Å². The van der Waals surface area contributed by atoms with Crippen molar-refractivity contribution in [3.63, 3.8) is 0 Å². The third-order valence-corrected chi connectivity index (χ3v) is 5.21. The van der Waals surface area contributed by atoms with Crippen LogP contribution in [0.3, 0.4) is 0 Å². The molecule has 0 aliphatic carbocycles. The molecule has 0 radical (unpaired) electrons. The first-order valence-electron chi connectivity index (χ1n) is 8.07. The number of aromatic nitrogens is 2. The quantitative estimate of drug-likeness (QED) is 0.592. The second kappa shape index (κ2) is 9.26. The predicted molar refractivity (Wildman–Crippen MR) is 107 cm³/mol. The Morgan fingerprint density at radius 2 is 2.04 bits per heavy atom. The highest BCUT2D eigenvalue weighted by molar-refractivity contribution is 8.00. The monoisotopic (exact) mass is 396 g/mol. The van der Waals surface area contributed by atoms with Crippen molar-refractivity contribution < 1.29 is 9.21 Å². The molecule has 1 heterocycles. The minimum atomic E-state index is -0.180. The molecular formula is C19H16N4O2S2. The van der Waals surface area contributed by atoms with Gasteiger partial charge in [-0.3, -0.25) is 4.79 Å². The van der Waals surface area contributed by atoms with E-state index in [0.717, 1.165) is 16.0 Å². The molecule has 136 valence electrons. The molecule has 3 rings (SSSR count). The standard InChI is InChI=1S/C19H16N4O2S2/c1-13-5-4-6-14(11-13)18-22-23-19(25-18)27-12-17(24)21-15-7-2-3-8-16(15)26-10-9-20/h2-8,11H,10,12H2,1H3,(H,21,24). The lowest BCUT2D eigenvalue weighted by molar-refractivity contribution is -0.113. The Balaban J connectivity index is 1.58. The maximum Gasteiger partial charge on any atom is 0.277 e. The Labute approximate surface area is 165 Å². The summed E-state index contributed by atoms with van der Waals surface area (Å²) in [5.74, 6) is 0.720. The number of hydrogen-bond donors (Lipinski definition) is 1. The summed E-state index contributed by atoms with van der Waals surface area (Å²) >= 11 is 2.56. The second-order valence-electron chi connectivity index (χ2n) is 5.52. The van der Waals surface area contributed by atoms with Crippen molar-refractivity contribution in [3.8, 4) is 17.5 Å². The van der Waals surface area contributed by atoms with Crippen LogP contribution < -0.4 is 5.32 Å². The Morgan fingerprint density at radius 3 is 2.85 bits per heavy atom. The van der Waals surface area contributed by atoms with Gasteiger partial charge in [0, 0.05) is 10.5 Å². The number of thioether (sulfide) groups is 2. The topological polar surface area (TPSA) is 91.8 Å². The van der Waals surface area contributed by atoms with E-state index in [2.05, 4.69) is 21.6 Å². The van der Waals surface area contributed by atoms with Gasteiger partial charge in [0.1, 0.15) is 0 Å². The van der Waals surface area contributed by atoms with Crippen LogP contribution in [0.2, 0.25) is 0 Å². The summed E-state index contributed by atoms with van der Waals surface area (Å²) in [6.45, 7) is 1.99. The molecule has 27 heavy (non-hydrogen) atoms. The number of carbonyl (C=O) groups is 1. The lowest BCUT2D eigenvalue weighted by atomic mass is 10.1. The predicted octanol–water partition coefficient (Wildman–Crippen LogP) is 4.39. The second-order valence-corrected chi connectivity index (χ2v) is 7.47. The van der Waals surface area contributed by atoms with Crippen LogP contribution in [0.5, 0.6) is 0 Å². The number of nitriles is 1. The lowest BCUT2D eigenvalue weighted by Crippen LogP contribution is -2.14. The zero-order valence-electron chi connectivity index (χ0n) is 14.5. The Morgan fingerprint density at radius 1 is 1.19 bits per heavy atom. The fourth-order valence-corrected chi connectivity index (χ4v) is 3.51. The highest BCUT2D eigenvalue weighted by atomic mass is 32.2. The summed E-state index contributed by atoms with van der Waals surface area (Å²) in [5, 5.41) is 19.9. The largest absolute Gasteiger partial charge is 0.411 e. The Bertz CT molecular complexity index is 982. The van der Waals surface area contributed by atoms with Crippen molar-refractivity contribution in [3.05, 3.63) is 54.1 Å². The van der Waals surface area contributed by atoms with Crippen molar-refractivity contribution in [2.45, 2.75) is 17.0 Å². The van der Waals surface area contributed by atoms with Gasteiger partial charge in [0.05, 0.1) is 23.3 Å². The van der Waals surface area contributed by atoms with Gasteiger partial charge in [0.2, 0.25) is 11.8 Å². The van der Waals surface area contributed by atoms with Gasteiger partial charge in [-0.05, 0) is 31.2 Å². The molecule has 0 aliphatic heterocycles. The van der Waals surface area contributed by atoms with Gasteiger partial charge >= 0.3 is 0 Å². The van der Waals surface area contributed by atoms with Crippen LogP contribution in [0.15, 0.2) is 63.1 Å². The molecule has 1 amide bonds. The molecule has 0 saturated carbocycles. The first kappa shape index (κ1) is 19.0. The van der Waals surface area contributed by atoms with Crippen molar-refractivity contribution in [2.24, 2.45) is 0 Å². The van der Waals surface area contributed by atoms with Crippen LogP contribution in [-0.2, 0) is 4.79 Å². The Hall–Kier alpha value is -2.76. The molecule has 0 aliphatic rings. The van der Waals surface area contributed by atoms with Crippen LogP contribution in [-0.4, -0.2) is 27.6 Å². The van der Waals surface area contributed by atoms with Gasteiger partial charge in [-0.2, -0.15) is 5.26 Å². The number of nitrogens with one attached hydrogen (secondary N) is 1. The number of anilines is 1. The van der Waals surface area contributed by atoms with Gasteiger partial charge in [-0.15, -0.1) is 22.0 Å². The molecular weight excluding hydrogens is 380 g/mol. The van der Waals surface area contributed by atoms with Gasteiger partial charge in [-0.1, -0.05) is 41.6 Å². The van der Waals surface area contributed by atoms with Gasteiger partial charge in [0.25, 0.3) is 5.22 Å². The molecule has 2 aromatic carbocycles. The molecule has 1 N–H and O–H groups in total. The SMILES string of the molecule is Cc1cccc(-c2nnc(SCC(=O)Nc3ccccc3SCC#N)o2)c1. The molecule has 0 saturated heterocycles. The van der Waals surface area contributed by atoms with Crippen LogP contribution in [0.1, 0.15) is 5.56 Å². The van der Waals surface area contributed by atoms with Crippen LogP contribution in [0.25, 0.3) is 11.5 Å². The number of hydrogen-bond acceptors (Lipinski definition) is 7. The molecule has 0 atom stereocenters. The van der Waals surface area contributed by atoms with Gasteiger partial charge in [-0.25, -0.2) is 0 Å². The lowest BCUT2D eigenvalue weighted by Gasteiger charge is -2.08. The molecule has 0 unspecified atom stereocenters. The molecule has 0 fully saturated rings. The Kier molecular flexibility index (Phi) is 6.52. The van der Waals surface area contributed by atoms with Crippen LogP contribution in [0, 0.1) is 18.3 Å². The zero-order chi connectivity index (χ0) is 19.1. The fourth-order valence-electron chi connectivity index (χ4n) is 2.28.